The van der Waals surface area contributed by atoms with E-state index in [0.717, 1.165) is 12.1 Å². The second kappa shape index (κ2) is 6.83. The number of methoxy groups -OCH3 is 1. The zero-order valence-corrected chi connectivity index (χ0v) is 12.4. The largest absolute Gasteiger partial charge is 0.383 e. The van der Waals surface area contributed by atoms with E-state index in [1.54, 1.807) is 12.0 Å². The molecule has 2 amide bonds. The fourth-order valence-corrected chi connectivity index (χ4v) is 2.49. The summed E-state index contributed by atoms with van der Waals surface area (Å²) in [6.45, 7) is 2.48. The van der Waals surface area contributed by atoms with Crippen LogP contribution in [0.5, 0.6) is 0 Å². The number of likely N-dealkylation sites (tertiary alicyclic amines) is 1. The van der Waals surface area contributed by atoms with Gasteiger partial charge in [-0.3, -0.25) is 9.59 Å². The van der Waals surface area contributed by atoms with Crippen molar-refractivity contribution in [3.05, 3.63) is 29.8 Å². The number of amides is 2. The van der Waals surface area contributed by atoms with Crippen molar-refractivity contribution < 1.29 is 23.1 Å². The minimum Gasteiger partial charge on any atom is -0.383 e. The Bertz CT molecular complexity index is 580. The predicted octanol–water partition coefficient (Wildman–Crippen LogP) is 1.79. The zero-order valence-electron chi connectivity index (χ0n) is 12.4. The maximum absolute atomic E-state index is 13.5. The molecule has 0 bridgehead atoms. The molecule has 120 valence electrons. The second-order valence-electron chi connectivity index (χ2n) is 5.36. The minimum atomic E-state index is -0.845. The van der Waals surface area contributed by atoms with Gasteiger partial charge in [-0.05, 0) is 19.1 Å². The van der Waals surface area contributed by atoms with Crippen LogP contribution in [-0.2, 0) is 14.3 Å². The normalized spacial score (nSPS) is 19.4. The van der Waals surface area contributed by atoms with Crippen molar-refractivity contribution in [1.29, 1.82) is 0 Å². The van der Waals surface area contributed by atoms with E-state index in [0.29, 0.717) is 12.7 Å². The summed E-state index contributed by atoms with van der Waals surface area (Å²) in [5.74, 6) is -2.71. The summed E-state index contributed by atoms with van der Waals surface area (Å²) in [6, 6.07) is 2.79. The molecule has 1 aromatic carbocycles. The molecule has 0 spiro atoms. The molecule has 0 aromatic heterocycles. The third-order valence-electron chi connectivity index (χ3n) is 3.66. The van der Waals surface area contributed by atoms with Crippen LogP contribution in [0.15, 0.2) is 18.2 Å². The summed E-state index contributed by atoms with van der Waals surface area (Å²) in [6.07, 6.45) is 0.0721. The molecule has 0 saturated carbocycles. The first-order valence-corrected chi connectivity index (χ1v) is 6.96. The summed E-state index contributed by atoms with van der Waals surface area (Å²) in [7, 11) is 1.54. The van der Waals surface area contributed by atoms with E-state index in [1.807, 2.05) is 6.92 Å². The van der Waals surface area contributed by atoms with E-state index >= 15 is 0 Å². The zero-order chi connectivity index (χ0) is 16.3. The maximum Gasteiger partial charge on any atom is 0.229 e. The first kappa shape index (κ1) is 16.4. The third-order valence-corrected chi connectivity index (χ3v) is 3.66. The van der Waals surface area contributed by atoms with Gasteiger partial charge >= 0.3 is 0 Å². The van der Waals surface area contributed by atoms with Crippen molar-refractivity contribution in [2.45, 2.75) is 19.4 Å². The summed E-state index contributed by atoms with van der Waals surface area (Å²) in [4.78, 5) is 25.7. The molecule has 7 heteroatoms. The van der Waals surface area contributed by atoms with Gasteiger partial charge in [-0.15, -0.1) is 0 Å². The lowest BCUT2D eigenvalue weighted by Gasteiger charge is -2.23. The highest BCUT2D eigenvalue weighted by molar-refractivity contribution is 5.97. The van der Waals surface area contributed by atoms with Gasteiger partial charge in [0.25, 0.3) is 0 Å². The van der Waals surface area contributed by atoms with E-state index in [9.17, 15) is 18.4 Å². The molecule has 2 rings (SSSR count). The molecule has 1 aromatic rings. The Labute approximate surface area is 127 Å². The molecular weight excluding hydrogens is 294 g/mol. The highest BCUT2D eigenvalue weighted by atomic mass is 19.1. The fourth-order valence-electron chi connectivity index (χ4n) is 2.49. The van der Waals surface area contributed by atoms with Crippen LogP contribution in [-0.4, -0.2) is 43.0 Å². The first-order valence-electron chi connectivity index (χ1n) is 6.96. The average Bonchev–Trinajstić information content (AvgIpc) is 2.84. The molecular formula is C15H18F2N2O3. The number of nitrogens with zero attached hydrogens (tertiary/aromatic N) is 1. The molecule has 1 aliphatic heterocycles. The number of halogens is 2. The monoisotopic (exact) mass is 312 g/mol. The standard InChI is InChI=1S/C15H18F2N2O3/c1-9(8-22-2)19-7-10(5-14(19)20)15(21)18-13-4-3-11(16)6-12(13)17/h3-4,6,9-10H,5,7-8H2,1-2H3,(H,18,21). The van der Waals surface area contributed by atoms with Crippen LogP contribution in [0.25, 0.3) is 0 Å². The SMILES string of the molecule is COCC(C)N1CC(C(=O)Nc2ccc(F)cc2F)CC1=O. The molecule has 1 fully saturated rings. The molecule has 2 unspecified atom stereocenters. The van der Waals surface area contributed by atoms with Gasteiger partial charge in [-0.1, -0.05) is 0 Å². The third kappa shape index (κ3) is 3.59. The molecule has 2 atom stereocenters. The van der Waals surface area contributed by atoms with Crippen LogP contribution in [0.1, 0.15) is 13.3 Å². The van der Waals surface area contributed by atoms with Crippen LogP contribution < -0.4 is 5.32 Å². The van der Waals surface area contributed by atoms with Crippen LogP contribution in [0, 0.1) is 17.6 Å². The van der Waals surface area contributed by atoms with Gasteiger partial charge < -0.3 is 15.0 Å². The van der Waals surface area contributed by atoms with Crippen molar-refractivity contribution in [2.75, 3.05) is 25.6 Å². The van der Waals surface area contributed by atoms with Crippen molar-refractivity contribution in [1.82, 2.24) is 4.90 Å². The van der Waals surface area contributed by atoms with Gasteiger partial charge in [-0.25, -0.2) is 8.78 Å². The Balaban J connectivity index is 2.00. The molecule has 1 aliphatic rings. The number of hydrogen-bond donors (Lipinski definition) is 1. The van der Waals surface area contributed by atoms with E-state index in [1.165, 1.54) is 0 Å². The lowest BCUT2D eigenvalue weighted by molar-refractivity contribution is -0.130. The quantitative estimate of drug-likeness (QED) is 0.902. The Morgan fingerprint density at radius 1 is 1.50 bits per heavy atom. The summed E-state index contributed by atoms with van der Waals surface area (Å²) >= 11 is 0. The van der Waals surface area contributed by atoms with Gasteiger partial charge in [0.05, 0.1) is 24.3 Å². The first-order chi connectivity index (χ1) is 10.4. The van der Waals surface area contributed by atoms with E-state index in [-0.39, 0.29) is 30.6 Å². The number of carbonyl (C=O) groups excluding carboxylic acids is 2. The number of hydrogen-bond acceptors (Lipinski definition) is 3. The van der Waals surface area contributed by atoms with Crippen molar-refractivity contribution >= 4 is 17.5 Å². The van der Waals surface area contributed by atoms with E-state index < -0.39 is 23.5 Å². The predicted molar refractivity (Wildman–Crippen MR) is 76.1 cm³/mol. The lowest BCUT2D eigenvalue weighted by atomic mass is 10.1. The Morgan fingerprint density at radius 3 is 2.86 bits per heavy atom. The highest BCUT2D eigenvalue weighted by Gasteiger charge is 2.36. The average molecular weight is 312 g/mol. The second-order valence-corrected chi connectivity index (χ2v) is 5.36. The number of nitrogens with one attached hydrogen (secondary N) is 1. The molecule has 1 N–H and O–H groups in total. The van der Waals surface area contributed by atoms with Gasteiger partial charge in [0.15, 0.2) is 0 Å². The molecule has 1 saturated heterocycles. The number of carbonyl (C=O) groups is 2. The Morgan fingerprint density at radius 2 is 2.23 bits per heavy atom. The van der Waals surface area contributed by atoms with Gasteiger partial charge in [0.2, 0.25) is 11.8 Å². The maximum atomic E-state index is 13.5. The van der Waals surface area contributed by atoms with Crippen LogP contribution >= 0.6 is 0 Å². The van der Waals surface area contributed by atoms with Crippen LogP contribution in [0.2, 0.25) is 0 Å². The molecule has 22 heavy (non-hydrogen) atoms. The number of anilines is 1. The smallest absolute Gasteiger partial charge is 0.229 e. The lowest BCUT2D eigenvalue weighted by Crippen LogP contribution is -2.38. The fraction of sp³-hybridized carbons (Fsp3) is 0.467. The van der Waals surface area contributed by atoms with Crippen molar-refractivity contribution in [3.8, 4) is 0 Å². The van der Waals surface area contributed by atoms with E-state index in [4.69, 9.17) is 4.74 Å². The Kier molecular flexibility index (Phi) is 5.07. The number of ether oxygens (including phenoxy) is 1. The molecule has 5 nitrogen and oxygen atoms in total. The van der Waals surface area contributed by atoms with E-state index in [2.05, 4.69) is 5.32 Å². The van der Waals surface area contributed by atoms with Crippen molar-refractivity contribution in [3.63, 3.8) is 0 Å². The molecule has 1 heterocycles. The Hall–Kier alpha value is -2.02. The van der Waals surface area contributed by atoms with Gasteiger partial charge in [-0.2, -0.15) is 0 Å². The highest BCUT2D eigenvalue weighted by Crippen LogP contribution is 2.23. The number of rotatable bonds is 5. The van der Waals surface area contributed by atoms with Crippen LogP contribution in [0.4, 0.5) is 14.5 Å². The topological polar surface area (TPSA) is 58.6 Å². The minimum absolute atomic E-state index is 0.0721. The molecule has 0 aliphatic carbocycles. The summed E-state index contributed by atoms with van der Waals surface area (Å²) in [5, 5.41) is 2.40. The van der Waals surface area contributed by atoms with Gasteiger partial charge in [0, 0.05) is 26.1 Å². The van der Waals surface area contributed by atoms with Crippen LogP contribution in [0.3, 0.4) is 0 Å². The van der Waals surface area contributed by atoms with Crippen molar-refractivity contribution in [2.24, 2.45) is 5.92 Å². The number of benzene rings is 1. The molecule has 0 radical (unpaired) electrons. The van der Waals surface area contributed by atoms with Gasteiger partial charge in [0.1, 0.15) is 11.6 Å². The summed E-state index contributed by atoms with van der Waals surface area (Å²) in [5.41, 5.74) is -0.0951. The summed E-state index contributed by atoms with van der Waals surface area (Å²) < 4.78 is 31.4.